The van der Waals surface area contributed by atoms with E-state index in [1.54, 1.807) is 7.11 Å². The monoisotopic (exact) mass is 215 g/mol. The summed E-state index contributed by atoms with van der Waals surface area (Å²) in [6.07, 6.45) is 0. The molecule has 2 aromatic carbocycles. The third-order valence-electron chi connectivity index (χ3n) is 2.94. The van der Waals surface area contributed by atoms with Gasteiger partial charge >= 0.3 is 0 Å². The molecule has 0 fully saturated rings. The van der Waals surface area contributed by atoms with Crippen LogP contribution in [0.15, 0.2) is 36.4 Å². The van der Waals surface area contributed by atoms with Crippen LogP contribution < -0.4 is 10.2 Å². The van der Waals surface area contributed by atoms with Crippen LogP contribution in [0.25, 0.3) is 10.8 Å². The zero-order valence-corrected chi connectivity index (χ0v) is 9.07. The van der Waals surface area contributed by atoms with Crippen LogP contribution in [-0.2, 0) is 4.84 Å². The van der Waals surface area contributed by atoms with Crippen LogP contribution in [0.4, 0.5) is 0 Å². The van der Waals surface area contributed by atoms with E-state index in [1.807, 2.05) is 12.1 Å². The van der Waals surface area contributed by atoms with Gasteiger partial charge in [-0.25, -0.2) is 0 Å². The molecule has 0 radical (unpaired) electrons. The third-order valence-corrected chi connectivity index (χ3v) is 2.94. The zero-order valence-electron chi connectivity index (χ0n) is 9.07. The summed E-state index contributed by atoms with van der Waals surface area (Å²) >= 11 is 0. The maximum Gasteiger partial charge on any atom is 0.132 e. The zero-order chi connectivity index (χ0) is 11.0. The van der Waals surface area contributed by atoms with Gasteiger partial charge in [0.1, 0.15) is 12.4 Å². The predicted molar refractivity (Wildman–Crippen MR) is 62.3 cm³/mol. The van der Waals surface area contributed by atoms with E-state index in [0.29, 0.717) is 6.61 Å². The topological polar surface area (TPSA) is 30.5 Å². The van der Waals surface area contributed by atoms with Gasteiger partial charge in [-0.2, -0.15) is 5.48 Å². The number of hydrogen-bond acceptors (Lipinski definition) is 3. The summed E-state index contributed by atoms with van der Waals surface area (Å²) < 4.78 is 5.73. The van der Waals surface area contributed by atoms with Crippen LogP contribution in [0.2, 0.25) is 0 Å². The van der Waals surface area contributed by atoms with Crippen molar-refractivity contribution >= 4 is 10.8 Å². The standard InChI is InChI=1S/C13H13NO2/c1-15-14-12-8-16-13-10-5-3-2-4-9(10)6-7-11(12)13/h2-7,12,14H,8H2,1H3. The Kier molecular flexibility index (Phi) is 2.27. The summed E-state index contributed by atoms with van der Waals surface area (Å²) in [4.78, 5) is 4.96. The normalized spacial score (nSPS) is 18.4. The van der Waals surface area contributed by atoms with E-state index in [-0.39, 0.29) is 6.04 Å². The van der Waals surface area contributed by atoms with Crippen LogP contribution in [0.5, 0.6) is 5.75 Å². The molecule has 1 N–H and O–H groups in total. The molecular formula is C13H13NO2. The van der Waals surface area contributed by atoms with Crippen molar-refractivity contribution in [1.82, 2.24) is 5.48 Å². The Balaban J connectivity index is 2.15. The highest BCUT2D eigenvalue weighted by atomic mass is 16.6. The quantitative estimate of drug-likeness (QED) is 0.780. The maximum absolute atomic E-state index is 5.73. The fourth-order valence-corrected chi connectivity index (χ4v) is 2.19. The first-order valence-electron chi connectivity index (χ1n) is 5.33. The Morgan fingerprint density at radius 3 is 3.00 bits per heavy atom. The van der Waals surface area contributed by atoms with E-state index < -0.39 is 0 Å². The molecule has 0 bridgehead atoms. The largest absolute Gasteiger partial charge is 0.491 e. The summed E-state index contributed by atoms with van der Waals surface area (Å²) in [7, 11) is 1.62. The molecule has 3 heteroatoms. The lowest BCUT2D eigenvalue weighted by atomic mass is 10.0. The molecule has 2 aromatic rings. The van der Waals surface area contributed by atoms with Crippen molar-refractivity contribution in [2.45, 2.75) is 6.04 Å². The van der Waals surface area contributed by atoms with Gasteiger partial charge in [0, 0.05) is 10.9 Å². The first-order chi connectivity index (χ1) is 7.90. The van der Waals surface area contributed by atoms with Gasteiger partial charge in [-0.15, -0.1) is 0 Å². The fourth-order valence-electron chi connectivity index (χ4n) is 2.19. The molecule has 1 atom stereocenters. The van der Waals surface area contributed by atoms with Gasteiger partial charge in [-0.05, 0) is 5.39 Å². The molecule has 3 nitrogen and oxygen atoms in total. The highest BCUT2D eigenvalue weighted by molar-refractivity contribution is 5.90. The molecule has 0 aromatic heterocycles. The number of ether oxygens (including phenoxy) is 1. The second-order valence-electron chi connectivity index (χ2n) is 3.89. The predicted octanol–water partition coefficient (Wildman–Crippen LogP) is 2.42. The molecule has 0 spiro atoms. The minimum absolute atomic E-state index is 0.129. The van der Waals surface area contributed by atoms with Gasteiger partial charge in [0.25, 0.3) is 0 Å². The second kappa shape index (κ2) is 3.77. The van der Waals surface area contributed by atoms with Crippen molar-refractivity contribution in [2.24, 2.45) is 0 Å². The first-order valence-corrected chi connectivity index (χ1v) is 5.33. The van der Waals surface area contributed by atoms with Crippen molar-refractivity contribution in [3.8, 4) is 5.75 Å². The lowest BCUT2D eigenvalue weighted by Crippen LogP contribution is -2.20. The van der Waals surface area contributed by atoms with Crippen LogP contribution in [-0.4, -0.2) is 13.7 Å². The van der Waals surface area contributed by atoms with E-state index >= 15 is 0 Å². The van der Waals surface area contributed by atoms with Crippen molar-refractivity contribution in [2.75, 3.05) is 13.7 Å². The number of benzene rings is 2. The van der Waals surface area contributed by atoms with E-state index in [1.165, 1.54) is 16.3 Å². The van der Waals surface area contributed by atoms with Gasteiger partial charge in [-0.1, -0.05) is 36.4 Å². The summed E-state index contributed by atoms with van der Waals surface area (Å²) in [5, 5.41) is 2.37. The number of hydrogen-bond donors (Lipinski definition) is 1. The molecule has 1 heterocycles. The molecule has 0 aliphatic carbocycles. The summed E-state index contributed by atoms with van der Waals surface area (Å²) in [6, 6.07) is 12.6. The highest BCUT2D eigenvalue weighted by Crippen LogP contribution is 2.38. The molecule has 0 saturated heterocycles. The second-order valence-corrected chi connectivity index (χ2v) is 3.89. The molecule has 1 aliphatic rings. The van der Waals surface area contributed by atoms with Gasteiger partial charge in [-0.3, -0.25) is 0 Å². The minimum atomic E-state index is 0.129. The van der Waals surface area contributed by atoms with Crippen molar-refractivity contribution in [3.05, 3.63) is 42.0 Å². The number of rotatable bonds is 2. The van der Waals surface area contributed by atoms with E-state index in [2.05, 4.69) is 29.7 Å². The summed E-state index contributed by atoms with van der Waals surface area (Å²) in [5.41, 5.74) is 4.11. The van der Waals surface area contributed by atoms with Gasteiger partial charge < -0.3 is 9.57 Å². The maximum atomic E-state index is 5.73. The average Bonchev–Trinajstić information content (AvgIpc) is 2.73. The average molecular weight is 215 g/mol. The number of hydroxylamine groups is 1. The van der Waals surface area contributed by atoms with Gasteiger partial charge in [0.05, 0.1) is 13.2 Å². The Morgan fingerprint density at radius 1 is 1.25 bits per heavy atom. The van der Waals surface area contributed by atoms with E-state index in [4.69, 9.17) is 9.57 Å². The number of fused-ring (bicyclic) bond motifs is 3. The number of nitrogens with one attached hydrogen (secondary N) is 1. The third kappa shape index (κ3) is 1.37. The van der Waals surface area contributed by atoms with Crippen LogP contribution in [0.1, 0.15) is 11.6 Å². The SMILES string of the molecule is CONC1COc2c1ccc1ccccc21. The molecule has 3 rings (SSSR count). The lowest BCUT2D eigenvalue weighted by Gasteiger charge is -2.08. The molecule has 82 valence electrons. The van der Waals surface area contributed by atoms with Crippen LogP contribution in [0.3, 0.4) is 0 Å². The first kappa shape index (κ1) is 9.63. The molecule has 16 heavy (non-hydrogen) atoms. The van der Waals surface area contributed by atoms with Crippen LogP contribution >= 0.6 is 0 Å². The van der Waals surface area contributed by atoms with E-state index in [0.717, 1.165) is 5.75 Å². The van der Waals surface area contributed by atoms with Crippen molar-refractivity contribution in [3.63, 3.8) is 0 Å². The molecule has 1 unspecified atom stereocenters. The van der Waals surface area contributed by atoms with Gasteiger partial charge in [0.2, 0.25) is 0 Å². The smallest absolute Gasteiger partial charge is 0.132 e. The Labute approximate surface area is 93.9 Å². The van der Waals surface area contributed by atoms with E-state index in [9.17, 15) is 0 Å². The molecule has 0 saturated carbocycles. The Hall–Kier alpha value is -1.58. The van der Waals surface area contributed by atoms with Crippen molar-refractivity contribution < 1.29 is 9.57 Å². The highest BCUT2D eigenvalue weighted by Gasteiger charge is 2.25. The molecular weight excluding hydrogens is 202 g/mol. The Bertz CT molecular complexity index is 524. The minimum Gasteiger partial charge on any atom is -0.491 e. The summed E-state index contributed by atoms with van der Waals surface area (Å²) in [6.45, 7) is 0.622. The van der Waals surface area contributed by atoms with Crippen molar-refractivity contribution in [1.29, 1.82) is 0 Å². The molecule has 0 amide bonds. The van der Waals surface area contributed by atoms with Gasteiger partial charge in [0.15, 0.2) is 0 Å². The van der Waals surface area contributed by atoms with Crippen LogP contribution in [0, 0.1) is 0 Å². The summed E-state index contributed by atoms with van der Waals surface area (Å²) in [5.74, 6) is 0.979. The molecule has 1 aliphatic heterocycles. The fraction of sp³-hybridized carbons (Fsp3) is 0.231. The lowest BCUT2D eigenvalue weighted by molar-refractivity contribution is 0.0536. The Morgan fingerprint density at radius 2 is 2.12 bits per heavy atom.